The molecule has 0 unspecified atom stereocenters. The number of carbonyl (C=O) groups is 3. The van der Waals surface area contributed by atoms with Crippen LogP contribution in [-0.4, -0.2) is 53.8 Å². The first-order valence-corrected chi connectivity index (χ1v) is 10.5. The number of carbonyl (C=O) groups excluding carboxylic acids is 3. The third kappa shape index (κ3) is 5.54. The average molecular weight is 466 g/mol. The van der Waals surface area contributed by atoms with E-state index in [1.807, 2.05) is 13.8 Å². The number of halogens is 3. The molecule has 1 saturated heterocycles. The molecule has 164 valence electrons. The van der Waals surface area contributed by atoms with Crippen LogP contribution in [0, 0.1) is 11.7 Å². The van der Waals surface area contributed by atoms with E-state index in [1.54, 1.807) is 6.07 Å². The van der Waals surface area contributed by atoms with Crippen LogP contribution in [0.4, 0.5) is 10.1 Å². The van der Waals surface area contributed by atoms with Crippen molar-refractivity contribution in [1.82, 2.24) is 9.80 Å². The van der Waals surface area contributed by atoms with Gasteiger partial charge in [0, 0.05) is 17.8 Å². The SMILES string of the molecule is CC(C)CN(CC(=O)N1CC(=O)N(c2ccc(F)cc2)C1)C(=O)c1ccc(Cl)c(Cl)c1. The molecule has 0 aromatic heterocycles. The van der Waals surface area contributed by atoms with Gasteiger partial charge < -0.3 is 9.80 Å². The van der Waals surface area contributed by atoms with Crippen LogP contribution in [0.3, 0.4) is 0 Å². The summed E-state index contributed by atoms with van der Waals surface area (Å²) >= 11 is 12.0. The van der Waals surface area contributed by atoms with Crippen molar-refractivity contribution >= 4 is 46.6 Å². The third-order valence-corrected chi connectivity index (χ3v) is 5.53. The fourth-order valence-electron chi connectivity index (χ4n) is 3.30. The lowest BCUT2D eigenvalue weighted by molar-refractivity contribution is -0.132. The molecule has 0 spiro atoms. The van der Waals surface area contributed by atoms with Crippen LogP contribution < -0.4 is 4.90 Å². The van der Waals surface area contributed by atoms with Crippen molar-refractivity contribution in [3.63, 3.8) is 0 Å². The standard InChI is InChI=1S/C22H22Cl2FN3O3/c1-14(2)10-26(22(31)15-3-8-18(23)19(24)9-15)11-20(29)27-12-21(30)28(13-27)17-6-4-16(25)5-7-17/h3-9,14H,10-13H2,1-2H3. The van der Waals surface area contributed by atoms with Crippen molar-refractivity contribution in [2.24, 2.45) is 5.92 Å². The summed E-state index contributed by atoms with van der Waals surface area (Å²) < 4.78 is 13.2. The zero-order valence-electron chi connectivity index (χ0n) is 17.1. The van der Waals surface area contributed by atoms with Gasteiger partial charge in [-0.25, -0.2) is 4.39 Å². The Morgan fingerprint density at radius 3 is 2.39 bits per heavy atom. The summed E-state index contributed by atoms with van der Waals surface area (Å²) in [5, 5.41) is 0.588. The molecule has 31 heavy (non-hydrogen) atoms. The molecule has 9 heteroatoms. The van der Waals surface area contributed by atoms with E-state index in [0.717, 1.165) is 0 Å². The highest BCUT2D eigenvalue weighted by atomic mass is 35.5. The molecule has 0 bridgehead atoms. The Balaban J connectivity index is 1.73. The van der Waals surface area contributed by atoms with E-state index in [9.17, 15) is 18.8 Å². The fourth-order valence-corrected chi connectivity index (χ4v) is 3.60. The van der Waals surface area contributed by atoms with E-state index in [2.05, 4.69) is 0 Å². The highest BCUT2D eigenvalue weighted by molar-refractivity contribution is 6.42. The van der Waals surface area contributed by atoms with E-state index in [-0.39, 0.29) is 48.4 Å². The molecule has 1 heterocycles. The van der Waals surface area contributed by atoms with E-state index in [1.165, 1.54) is 51.1 Å². The van der Waals surface area contributed by atoms with E-state index in [0.29, 0.717) is 22.8 Å². The fraction of sp³-hybridized carbons (Fsp3) is 0.318. The second-order valence-electron chi connectivity index (χ2n) is 7.74. The van der Waals surface area contributed by atoms with Crippen LogP contribution in [0.15, 0.2) is 42.5 Å². The first-order valence-electron chi connectivity index (χ1n) is 9.73. The third-order valence-electron chi connectivity index (χ3n) is 4.80. The smallest absolute Gasteiger partial charge is 0.254 e. The molecule has 1 aliphatic heterocycles. The van der Waals surface area contributed by atoms with Gasteiger partial charge in [0.1, 0.15) is 25.6 Å². The Kier molecular flexibility index (Phi) is 7.18. The average Bonchev–Trinajstić information content (AvgIpc) is 3.11. The molecule has 0 atom stereocenters. The molecule has 0 N–H and O–H groups in total. The molecular formula is C22H22Cl2FN3O3. The largest absolute Gasteiger partial charge is 0.329 e. The van der Waals surface area contributed by atoms with Gasteiger partial charge in [-0.1, -0.05) is 37.0 Å². The molecule has 0 saturated carbocycles. The van der Waals surface area contributed by atoms with Crippen molar-refractivity contribution in [3.8, 4) is 0 Å². The van der Waals surface area contributed by atoms with Crippen LogP contribution >= 0.6 is 23.2 Å². The molecule has 3 rings (SSSR count). The Bertz CT molecular complexity index is 998. The first-order chi connectivity index (χ1) is 14.7. The number of amides is 3. The number of nitrogens with zero attached hydrogens (tertiary/aromatic N) is 3. The number of rotatable bonds is 6. The summed E-state index contributed by atoms with van der Waals surface area (Å²) in [7, 11) is 0. The van der Waals surface area contributed by atoms with Gasteiger partial charge in [0.15, 0.2) is 0 Å². The number of hydrogen-bond donors (Lipinski definition) is 0. The van der Waals surface area contributed by atoms with Crippen molar-refractivity contribution in [2.45, 2.75) is 13.8 Å². The molecule has 6 nitrogen and oxygen atoms in total. The predicted octanol–water partition coefficient (Wildman–Crippen LogP) is 4.06. The summed E-state index contributed by atoms with van der Waals surface area (Å²) in [5.41, 5.74) is 0.834. The number of hydrogen-bond acceptors (Lipinski definition) is 3. The zero-order valence-corrected chi connectivity index (χ0v) is 18.7. The first kappa shape index (κ1) is 23.0. The minimum absolute atomic E-state index is 0.0414. The van der Waals surface area contributed by atoms with Gasteiger partial charge in [-0.05, 0) is 48.4 Å². The van der Waals surface area contributed by atoms with Crippen LogP contribution in [-0.2, 0) is 9.59 Å². The van der Waals surface area contributed by atoms with Gasteiger partial charge >= 0.3 is 0 Å². The Morgan fingerprint density at radius 2 is 1.77 bits per heavy atom. The van der Waals surface area contributed by atoms with Crippen LogP contribution in [0.5, 0.6) is 0 Å². The maximum Gasteiger partial charge on any atom is 0.254 e. The predicted molar refractivity (Wildman–Crippen MR) is 118 cm³/mol. The molecule has 0 aliphatic carbocycles. The quantitative estimate of drug-likeness (QED) is 0.645. The summed E-state index contributed by atoms with van der Waals surface area (Å²) in [6.07, 6.45) is 0. The normalized spacial score (nSPS) is 13.8. The maximum absolute atomic E-state index is 13.2. The van der Waals surface area contributed by atoms with E-state index in [4.69, 9.17) is 23.2 Å². The van der Waals surface area contributed by atoms with Crippen LogP contribution in [0.25, 0.3) is 0 Å². The van der Waals surface area contributed by atoms with Gasteiger partial charge in [0.2, 0.25) is 11.8 Å². The van der Waals surface area contributed by atoms with Gasteiger partial charge in [-0.15, -0.1) is 0 Å². The summed E-state index contributed by atoms with van der Waals surface area (Å²) in [4.78, 5) is 42.6. The summed E-state index contributed by atoms with van der Waals surface area (Å²) in [6, 6.07) is 10.1. The number of benzene rings is 2. The van der Waals surface area contributed by atoms with Gasteiger partial charge in [-0.2, -0.15) is 0 Å². The summed E-state index contributed by atoms with van der Waals surface area (Å²) in [6.45, 7) is 3.99. The second kappa shape index (κ2) is 9.66. The number of anilines is 1. The van der Waals surface area contributed by atoms with Gasteiger partial charge in [0.05, 0.1) is 10.0 Å². The van der Waals surface area contributed by atoms with Gasteiger partial charge in [-0.3, -0.25) is 19.3 Å². The molecule has 2 aromatic carbocycles. The van der Waals surface area contributed by atoms with Crippen molar-refractivity contribution in [3.05, 3.63) is 63.9 Å². The van der Waals surface area contributed by atoms with Crippen LogP contribution in [0.2, 0.25) is 10.0 Å². The second-order valence-corrected chi connectivity index (χ2v) is 8.55. The highest BCUT2D eigenvalue weighted by Crippen LogP contribution is 2.24. The van der Waals surface area contributed by atoms with E-state index >= 15 is 0 Å². The summed E-state index contributed by atoms with van der Waals surface area (Å²) in [5.74, 6) is -1.26. The molecule has 2 aromatic rings. The lowest BCUT2D eigenvalue weighted by Gasteiger charge is -2.26. The Morgan fingerprint density at radius 1 is 1.10 bits per heavy atom. The Labute approximate surface area is 190 Å². The van der Waals surface area contributed by atoms with Crippen LogP contribution in [0.1, 0.15) is 24.2 Å². The minimum Gasteiger partial charge on any atom is -0.329 e. The van der Waals surface area contributed by atoms with Crippen molar-refractivity contribution in [2.75, 3.05) is 31.2 Å². The molecule has 1 fully saturated rings. The molecular weight excluding hydrogens is 444 g/mol. The maximum atomic E-state index is 13.2. The lowest BCUT2D eigenvalue weighted by Crippen LogP contribution is -2.44. The molecule has 1 aliphatic rings. The highest BCUT2D eigenvalue weighted by Gasteiger charge is 2.33. The monoisotopic (exact) mass is 465 g/mol. The Hall–Kier alpha value is -2.64. The van der Waals surface area contributed by atoms with Crippen molar-refractivity contribution < 1.29 is 18.8 Å². The van der Waals surface area contributed by atoms with Gasteiger partial charge in [0.25, 0.3) is 5.91 Å². The van der Waals surface area contributed by atoms with Crippen molar-refractivity contribution in [1.29, 1.82) is 0 Å². The lowest BCUT2D eigenvalue weighted by atomic mass is 10.1. The molecule has 0 radical (unpaired) electrons. The minimum atomic E-state index is -0.409. The van der Waals surface area contributed by atoms with E-state index < -0.39 is 5.82 Å². The zero-order chi connectivity index (χ0) is 22.7. The topological polar surface area (TPSA) is 60.9 Å². The molecule has 3 amide bonds.